The highest BCUT2D eigenvalue weighted by Gasteiger charge is 2.35. The van der Waals surface area contributed by atoms with Crippen molar-refractivity contribution in [1.29, 1.82) is 0 Å². The summed E-state index contributed by atoms with van der Waals surface area (Å²) in [5, 5.41) is 3.02. The zero-order valence-corrected chi connectivity index (χ0v) is 16.0. The van der Waals surface area contributed by atoms with E-state index in [0.29, 0.717) is 25.2 Å². The van der Waals surface area contributed by atoms with Crippen molar-refractivity contribution in [2.75, 3.05) is 13.1 Å². The van der Waals surface area contributed by atoms with Crippen molar-refractivity contribution >= 4 is 11.8 Å². The molecule has 1 aromatic rings. The predicted molar refractivity (Wildman–Crippen MR) is 103 cm³/mol. The van der Waals surface area contributed by atoms with Crippen molar-refractivity contribution in [2.45, 2.75) is 58.5 Å². The second kappa shape index (κ2) is 7.78. The standard InChI is InChI=1S/C21H31N3O2/c1-21(2)14-24(12-11-18(21)22)20(26)17-9-7-15(8-10-17)13-23-19(25)16-5-3-4-6-16/h7-10,16,18H,3-6,11-14,22H2,1-2H3,(H,23,25). The molecular weight excluding hydrogens is 326 g/mol. The van der Waals surface area contributed by atoms with E-state index in [9.17, 15) is 9.59 Å². The van der Waals surface area contributed by atoms with Gasteiger partial charge in [-0.2, -0.15) is 0 Å². The Kier molecular flexibility index (Phi) is 5.66. The Labute approximate surface area is 156 Å². The number of piperidine rings is 1. The first-order valence-corrected chi connectivity index (χ1v) is 9.78. The summed E-state index contributed by atoms with van der Waals surface area (Å²) in [5.41, 5.74) is 7.83. The molecule has 1 saturated heterocycles. The summed E-state index contributed by atoms with van der Waals surface area (Å²) < 4.78 is 0. The molecule has 5 heteroatoms. The van der Waals surface area contributed by atoms with E-state index in [1.165, 1.54) is 0 Å². The van der Waals surface area contributed by atoms with Crippen molar-refractivity contribution in [3.8, 4) is 0 Å². The van der Waals surface area contributed by atoms with E-state index < -0.39 is 0 Å². The monoisotopic (exact) mass is 357 g/mol. The fraction of sp³-hybridized carbons (Fsp3) is 0.619. The molecule has 1 saturated carbocycles. The van der Waals surface area contributed by atoms with E-state index in [1.807, 2.05) is 29.2 Å². The van der Waals surface area contributed by atoms with Crippen LogP contribution in [0.2, 0.25) is 0 Å². The Balaban J connectivity index is 1.55. The number of carbonyl (C=O) groups excluding carboxylic acids is 2. The molecular formula is C21H31N3O2. The van der Waals surface area contributed by atoms with Gasteiger partial charge in [0.05, 0.1) is 0 Å². The maximum atomic E-state index is 12.8. The Morgan fingerprint density at radius 2 is 1.81 bits per heavy atom. The number of rotatable bonds is 4. The summed E-state index contributed by atoms with van der Waals surface area (Å²) in [6, 6.07) is 7.73. The molecule has 2 fully saturated rings. The molecule has 5 nitrogen and oxygen atoms in total. The lowest BCUT2D eigenvalue weighted by Crippen LogP contribution is -2.53. The SMILES string of the molecule is CC1(C)CN(C(=O)c2ccc(CNC(=O)C3CCCC3)cc2)CCC1N. The average Bonchev–Trinajstić information content (AvgIpc) is 3.16. The van der Waals surface area contributed by atoms with Crippen LogP contribution in [0, 0.1) is 11.3 Å². The van der Waals surface area contributed by atoms with Gasteiger partial charge in [-0.05, 0) is 42.4 Å². The average molecular weight is 357 g/mol. The topological polar surface area (TPSA) is 75.4 Å². The maximum absolute atomic E-state index is 12.8. The van der Waals surface area contributed by atoms with E-state index in [4.69, 9.17) is 5.73 Å². The zero-order chi connectivity index (χ0) is 18.7. The molecule has 2 aliphatic rings. The minimum absolute atomic E-state index is 0.0572. The summed E-state index contributed by atoms with van der Waals surface area (Å²) in [6.07, 6.45) is 5.18. The van der Waals surface area contributed by atoms with E-state index in [-0.39, 0.29) is 29.2 Å². The highest BCUT2D eigenvalue weighted by atomic mass is 16.2. The van der Waals surface area contributed by atoms with E-state index in [0.717, 1.165) is 37.7 Å². The Morgan fingerprint density at radius 1 is 1.15 bits per heavy atom. The van der Waals surface area contributed by atoms with Crippen LogP contribution in [-0.2, 0) is 11.3 Å². The molecule has 0 aromatic heterocycles. The first-order valence-electron chi connectivity index (χ1n) is 9.78. The number of likely N-dealkylation sites (tertiary alicyclic amines) is 1. The van der Waals surface area contributed by atoms with Gasteiger partial charge in [0.2, 0.25) is 5.91 Å². The Morgan fingerprint density at radius 3 is 2.42 bits per heavy atom. The Hall–Kier alpha value is -1.88. The van der Waals surface area contributed by atoms with Gasteiger partial charge in [-0.1, -0.05) is 38.8 Å². The molecule has 0 spiro atoms. The van der Waals surface area contributed by atoms with Gasteiger partial charge in [0.1, 0.15) is 0 Å². The van der Waals surface area contributed by atoms with Crippen LogP contribution in [0.1, 0.15) is 61.9 Å². The van der Waals surface area contributed by atoms with Gasteiger partial charge in [0.25, 0.3) is 5.91 Å². The lowest BCUT2D eigenvalue weighted by Gasteiger charge is -2.42. The lowest BCUT2D eigenvalue weighted by atomic mass is 9.79. The van der Waals surface area contributed by atoms with Crippen molar-refractivity contribution in [3.63, 3.8) is 0 Å². The van der Waals surface area contributed by atoms with Gasteiger partial charge in [0, 0.05) is 37.2 Å². The molecule has 1 unspecified atom stereocenters. The van der Waals surface area contributed by atoms with Gasteiger partial charge in [-0.25, -0.2) is 0 Å². The number of nitrogens with zero attached hydrogens (tertiary/aromatic N) is 1. The summed E-state index contributed by atoms with van der Waals surface area (Å²) in [6.45, 7) is 6.16. The molecule has 0 radical (unpaired) electrons. The molecule has 1 aliphatic heterocycles. The van der Waals surface area contributed by atoms with Crippen LogP contribution >= 0.6 is 0 Å². The van der Waals surface area contributed by atoms with Crippen molar-refractivity contribution in [2.24, 2.45) is 17.1 Å². The van der Waals surface area contributed by atoms with Crippen molar-refractivity contribution in [3.05, 3.63) is 35.4 Å². The van der Waals surface area contributed by atoms with Crippen LogP contribution in [0.25, 0.3) is 0 Å². The van der Waals surface area contributed by atoms with Crippen LogP contribution in [-0.4, -0.2) is 35.8 Å². The van der Waals surface area contributed by atoms with Crippen LogP contribution in [0.4, 0.5) is 0 Å². The van der Waals surface area contributed by atoms with Gasteiger partial charge in [-0.15, -0.1) is 0 Å². The minimum atomic E-state index is -0.0572. The van der Waals surface area contributed by atoms with Crippen LogP contribution in [0.5, 0.6) is 0 Å². The summed E-state index contributed by atoms with van der Waals surface area (Å²) in [5.74, 6) is 0.408. The molecule has 1 aromatic carbocycles. The fourth-order valence-corrected chi connectivity index (χ4v) is 4.02. The van der Waals surface area contributed by atoms with Crippen LogP contribution in [0.3, 0.4) is 0 Å². The quantitative estimate of drug-likeness (QED) is 0.870. The van der Waals surface area contributed by atoms with E-state index >= 15 is 0 Å². The zero-order valence-electron chi connectivity index (χ0n) is 16.0. The maximum Gasteiger partial charge on any atom is 0.253 e. The van der Waals surface area contributed by atoms with Gasteiger partial charge >= 0.3 is 0 Å². The third-order valence-corrected chi connectivity index (χ3v) is 5.99. The van der Waals surface area contributed by atoms with Crippen LogP contribution < -0.4 is 11.1 Å². The Bertz CT molecular complexity index is 648. The van der Waals surface area contributed by atoms with Crippen molar-refractivity contribution < 1.29 is 9.59 Å². The second-order valence-corrected chi connectivity index (χ2v) is 8.51. The second-order valence-electron chi connectivity index (χ2n) is 8.51. The van der Waals surface area contributed by atoms with Gasteiger partial charge < -0.3 is 16.0 Å². The lowest BCUT2D eigenvalue weighted by molar-refractivity contribution is -0.124. The molecule has 1 atom stereocenters. The number of nitrogens with two attached hydrogens (primary N) is 1. The van der Waals surface area contributed by atoms with E-state index in [1.54, 1.807) is 0 Å². The minimum Gasteiger partial charge on any atom is -0.352 e. The molecule has 1 heterocycles. The fourth-order valence-electron chi connectivity index (χ4n) is 4.02. The number of amides is 2. The predicted octanol–water partition coefficient (Wildman–Crippen LogP) is 2.69. The van der Waals surface area contributed by atoms with E-state index in [2.05, 4.69) is 19.2 Å². The third kappa shape index (κ3) is 4.26. The normalized spacial score (nSPS) is 23.0. The van der Waals surface area contributed by atoms with Gasteiger partial charge in [0.15, 0.2) is 0 Å². The van der Waals surface area contributed by atoms with Crippen LogP contribution in [0.15, 0.2) is 24.3 Å². The summed E-state index contributed by atoms with van der Waals surface area (Å²) >= 11 is 0. The first-order chi connectivity index (χ1) is 12.4. The number of benzene rings is 1. The number of hydrogen-bond donors (Lipinski definition) is 2. The highest BCUT2D eigenvalue weighted by Crippen LogP contribution is 2.28. The third-order valence-electron chi connectivity index (χ3n) is 5.99. The smallest absolute Gasteiger partial charge is 0.253 e. The summed E-state index contributed by atoms with van der Waals surface area (Å²) in [7, 11) is 0. The highest BCUT2D eigenvalue weighted by molar-refractivity contribution is 5.94. The number of nitrogens with one attached hydrogen (secondary N) is 1. The molecule has 3 N–H and O–H groups in total. The number of hydrogen-bond acceptors (Lipinski definition) is 3. The molecule has 3 rings (SSSR count). The first kappa shape index (κ1) is 18.9. The van der Waals surface area contributed by atoms with Crippen molar-refractivity contribution in [1.82, 2.24) is 10.2 Å². The van der Waals surface area contributed by atoms with Gasteiger partial charge in [-0.3, -0.25) is 9.59 Å². The largest absolute Gasteiger partial charge is 0.352 e. The number of carbonyl (C=O) groups is 2. The molecule has 2 amide bonds. The molecule has 1 aliphatic carbocycles. The summed E-state index contributed by atoms with van der Waals surface area (Å²) in [4.78, 5) is 26.8. The molecule has 26 heavy (non-hydrogen) atoms. The molecule has 0 bridgehead atoms. The molecule has 142 valence electrons.